The Hall–Kier alpha value is -4.21. The Bertz CT molecular complexity index is 1310. The number of nitriles is 1. The molecule has 1 fully saturated rings. The van der Waals surface area contributed by atoms with Gasteiger partial charge in [-0.2, -0.15) is 5.26 Å². The summed E-state index contributed by atoms with van der Waals surface area (Å²) in [5.74, 6) is 1.12. The number of rotatable bonds is 5. The number of nitrogens with zero attached hydrogens (tertiary/aromatic N) is 4. The Kier molecular flexibility index (Phi) is 6.19. The minimum atomic E-state index is -0.00640. The molecule has 0 radical (unpaired) electrons. The quantitative estimate of drug-likeness (QED) is 0.437. The molecular formula is C28H24N4O2. The molecule has 1 amide bonds. The van der Waals surface area contributed by atoms with Crippen LogP contribution in [0.2, 0.25) is 0 Å². The monoisotopic (exact) mass is 448 g/mol. The van der Waals surface area contributed by atoms with Crippen molar-refractivity contribution in [1.29, 1.82) is 5.26 Å². The Labute approximate surface area is 198 Å². The maximum atomic E-state index is 13.4. The van der Waals surface area contributed by atoms with Crippen LogP contribution in [-0.2, 0) is 6.54 Å². The Morgan fingerprint density at radius 2 is 1.62 bits per heavy atom. The summed E-state index contributed by atoms with van der Waals surface area (Å²) < 4.78 is 6.02. The zero-order chi connectivity index (χ0) is 23.3. The number of hydrogen-bond donors (Lipinski definition) is 0. The van der Waals surface area contributed by atoms with Gasteiger partial charge in [0.2, 0.25) is 5.89 Å². The average molecular weight is 449 g/mol. The van der Waals surface area contributed by atoms with Gasteiger partial charge in [0.25, 0.3) is 5.91 Å². The second-order valence-electron chi connectivity index (χ2n) is 8.32. The van der Waals surface area contributed by atoms with Gasteiger partial charge in [-0.3, -0.25) is 9.69 Å². The van der Waals surface area contributed by atoms with Crippen molar-refractivity contribution in [2.75, 3.05) is 26.2 Å². The van der Waals surface area contributed by atoms with Crippen molar-refractivity contribution in [2.24, 2.45) is 0 Å². The van der Waals surface area contributed by atoms with Crippen LogP contribution in [0.15, 0.2) is 89.5 Å². The second kappa shape index (κ2) is 9.74. The molecule has 0 bridgehead atoms. The molecule has 1 aliphatic rings. The Balaban J connectivity index is 1.27. The summed E-state index contributed by atoms with van der Waals surface area (Å²) >= 11 is 0. The van der Waals surface area contributed by atoms with Crippen molar-refractivity contribution in [3.63, 3.8) is 0 Å². The fourth-order valence-electron chi connectivity index (χ4n) is 4.21. The van der Waals surface area contributed by atoms with Gasteiger partial charge in [0, 0.05) is 43.9 Å². The van der Waals surface area contributed by atoms with Crippen molar-refractivity contribution < 1.29 is 9.21 Å². The van der Waals surface area contributed by atoms with E-state index in [-0.39, 0.29) is 5.91 Å². The molecule has 0 spiro atoms. The molecule has 0 N–H and O–H groups in total. The van der Waals surface area contributed by atoms with Crippen LogP contribution in [0.3, 0.4) is 0 Å². The van der Waals surface area contributed by atoms with E-state index < -0.39 is 0 Å². The van der Waals surface area contributed by atoms with E-state index in [0.29, 0.717) is 41.4 Å². The highest BCUT2D eigenvalue weighted by molar-refractivity contribution is 6.00. The first-order chi connectivity index (χ1) is 16.7. The number of oxazole rings is 1. The van der Waals surface area contributed by atoms with Gasteiger partial charge < -0.3 is 9.32 Å². The van der Waals surface area contributed by atoms with Crippen molar-refractivity contribution in [3.05, 3.63) is 102 Å². The van der Waals surface area contributed by atoms with Crippen LogP contribution in [0, 0.1) is 11.3 Å². The molecule has 5 rings (SSSR count). The van der Waals surface area contributed by atoms with E-state index >= 15 is 0 Å². The lowest BCUT2D eigenvalue weighted by Gasteiger charge is -2.35. The van der Waals surface area contributed by atoms with E-state index in [1.165, 1.54) is 5.56 Å². The number of benzene rings is 3. The topological polar surface area (TPSA) is 73.4 Å². The molecule has 1 aliphatic heterocycles. The van der Waals surface area contributed by atoms with Crippen LogP contribution in [0.25, 0.3) is 22.8 Å². The van der Waals surface area contributed by atoms with Crippen LogP contribution in [0.5, 0.6) is 0 Å². The predicted octanol–water partition coefficient (Wildman–Crippen LogP) is 4.84. The lowest BCUT2D eigenvalue weighted by molar-refractivity contribution is 0.0629. The molecule has 1 aromatic heterocycles. The Morgan fingerprint density at radius 3 is 2.35 bits per heavy atom. The summed E-state index contributed by atoms with van der Waals surface area (Å²) in [6, 6.07) is 27.1. The van der Waals surface area contributed by atoms with E-state index in [9.17, 15) is 4.79 Å². The summed E-state index contributed by atoms with van der Waals surface area (Å²) in [5.41, 5.74) is 4.09. The van der Waals surface area contributed by atoms with Crippen molar-refractivity contribution in [2.45, 2.75) is 6.54 Å². The normalized spacial score (nSPS) is 14.0. The van der Waals surface area contributed by atoms with E-state index in [2.05, 4.69) is 16.0 Å². The largest absolute Gasteiger partial charge is 0.436 e. The third-order valence-corrected chi connectivity index (χ3v) is 6.10. The molecule has 168 valence electrons. The van der Waals surface area contributed by atoms with Gasteiger partial charge in [-0.05, 0) is 29.8 Å². The van der Waals surface area contributed by atoms with E-state index in [1.54, 1.807) is 6.20 Å². The minimum Gasteiger partial charge on any atom is -0.436 e. The summed E-state index contributed by atoms with van der Waals surface area (Å²) in [6.45, 7) is 3.72. The lowest BCUT2D eigenvalue weighted by atomic mass is 10.1. The molecule has 6 heteroatoms. The molecule has 0 saturated carbocycles. The zero-order valence-corrected chi connectivity index (χ0v) is 18.7. The van der Waals surface area contributed by atoms with Gasteiger partial charge in [-0.15, -0.1) is 0 Å². The van der Waals surface area contributed by atoms with Crippen LogP contribution >= 0.6 is 0 Å². The molecule has 34 heavy (non-hydrogen) atoms. The highest BCUT2D eigenvalue weighted by atomic mass is 16.4. The van der Waals surface area contributed by atoms with Gasteiger partial charge in [0.1, 0.15) is 0 Å². The third kappa shape index (κ3) is 4.61. The number of carbonyl (C=O) groups excluding carboxylic acids is 1. The van der Waals surface area contributed by atoms with Crippen molar-refractivity contribution in [1.82, 2.24) is 14.8 Å². The minimum absolute atomic E-state index is 0.00640. The summed E-state index contributed by atoms with van der Waals surface area (Å²) in [6.07, 6.45) is 1.70. The molecule has 6 nitrogen and oxygen atoms in total. The number of piperazine rings is 1. The maximum Gasteiger partial charge on any atom is 0.254 e. The molecular weight excluding hydrogens is 424 g/mol. The predicted molar refractivity (Wildman–Crippen MR) is 130 cm³/mol. The molecule has 0 aliphatic carbocycles. The van der Waals surface area contributed by atoms with Crippen LogP contribution in [-0.4, -0.2) is 46.9 Å². The van der Waals surface area contributed by atoms with Gasteiger partial charge in [0.15, 0.2) is 5.76 Å². The fraction of sp³-hybridized carbons (Fsp3) is 0.179. The number of aromatic nitrogens is 1. The fourth-order valence-corrected chi connectivity index (χ4v) is 4.21. The van der Waals surface area contributed by atoms with Gasteiger partial charge in [-0.1, -0.05) is 54.6 Å². The highest BCUT2D eigenvalue weighted by Crippen LogP contribution is 2.29. The number of hydrogen-bond acceptors (Lipinski definition) is 5. The van der Waals surface area contributed by atoms with E-state index in [0.717, 1.165) is 25.2 Å². The van der Waals surface area contributed by atoms with Crippen LogP contribution in [0.1, 0.15) is 21.5 Å². The molecule has 2 heterocycles. The summed E-state index contributed by atoms with van der Waals surface area (Å²) in [4.78, 5) is 22.1. The standard InChI is InChI=1S/C28H24N4O2/c29-18-21-10-12-22(13-11-21)20-31-14-16-32(17-15-31)28(33)25-9-5-4-8-24(25)27-30-19-26(34-27)23-6-2-1-3-7-23/h1-13,19H,14-17,20H2. The molecule has 1 saturated heterocycles. The highest BCUT2D eigenvalue weighted by Gasteiger charge is 2.25. The first kappa shape index (κ1) is 21.6. The van der Waals surface area contributed by atoms with Gasteiger partial charge >= 0.3 is 0 Å². The molecule has 3 aromatic carbocycles. The van der Waals surface area contributed by atoms with E-state index in [1.807, 2.05) is 83.8 Å². The lowest BCUT2D eigenvalue weighted by Crippen LogP contribution is -2.48. The van der Waals surface area contributed by atoms with Crippen LogP contribution < -0.4 is 0 Å². The molecule has 4 aromatic rings. The average Bonchev–Trinajstić information content (AvgIpc) is 3.40. The smallest absolute Gasteiger partial charge is 0.254 e. The van der Waals surface area contributed by atoms with Crippen molar-refractivity contribution >= 4 is 5.91 Å². The first-order valence-electron chi connectivity index (χ1n) is 11.3. The second-order valence-corrected chi connectivity index (χ2v) is 8.32. The van der Waals surface area contributed by atoms with Crippen LogP contribution in [0.4, 0.5) is 0 Å². The SMILES string of the molecule is N#Cc1ccc(CN2CCN(C(=O)c3ccccc3-c3ncc(-c4ccccc4)o3)CC2)cc1. The Morgan fingerprint density at radius 1 is 0.912 bits per heavy atom. The molecule has 0 atom stereocenters. The summed E-state index contributed by atoms with van der Waals surface area (Å²) in [5, 5.41) is 8.96. The first-order valence-corrected chi connectivity index (χ1v) is 11.3. The third-order valence-electron chi connectivity index (χ3n) is 6.10. The molecule has 0 unspecified atom stereocenters. The van der Waals surface area contributed by atoms with Gasteiger partial charge in [-0.25, -0.2) is 4.98 Å². The number of amides is 1. The van der Waals surface area contributed by atoms with Gasteiger partial charge in [0.05, 0.1) is 23.4 Å². The van der Waals surface area contributed by atoms with Crippen molar-refractivity contribution in [3.8, 4) is 28.8 Å². The summed E-state index contributed by atoms with van der Waals surface area (Å²) in [7, 11) is 0. The maximum absolute atomic E-state index is 13.4. The zero-order valence-electron chi connectivity index (χ0n) is 18.7. The number of carbonyl (C=O) groups is 1. The van der Waals surface area contributed by atoms with E-state index in [4.69, 9.17) is 9.68 Å².